The van der Waals surface area contributed by atoms with Crippen LogP contribution in [0.15, 0.2) is 12.1 Å². The molecular weight excluding hydrogens is 220 g/mol. The number of nitrogens with one attached hydrogen (secondary N) is 1. The molecule has 1 aliphatic rings. The molecule has 1 aromatic rings. The number of hydrogen-bond acceptors (Lipinski definition) is 3. The maximum Gasteiger partial charge on any atom is 0.126 e. The molecule has 2 rings (SSSR count). The van der Waals surface area contributed by atoms with Crippen molar-refractivity contribution < 1.29 is 4.21 Å². The first-order chi connectivity index (χ1) is 7.65. The molecule has 1 aliphatic carbocycles. The summed E-state index contributed by atoms with van der Waals surface area (Å²) in [5.41, 5.74) is 2.62. The Bertz CT molecular complexity index is 406. The lowest BCUT2D eigenvalue weighted by molar-refractivity contribution is 0.683. The molecule has 2 unspecified atom stereocenters. The van der Waals surface area contributed by atoms with Gasteiger partial charge in [0.15, 0.2) is 0 Å². The van der Waals surface area contributed by atoms with Crippen LogP contribution in [0.4, 0.5) is 5.82 Å². The van der Waals surface area contributed by atoms with Gasteiger partial charge in [0.2, 0.25) is 0 Å². The fraction of sp³-hybridized carbons (Fsp3) is 0.583. The van der Waals surface area contributed by atoms with Crippen LogP contribution in [0.3, 0.4) is 0 Å². The molecule has 3 nitrogen and oxygen atoms in total. The van der Waals surface area contributed by atoms with Gasteiger partial charge in [-0.05, 0) is 37.8 Å². The van der Waals surface area contributed by atoms with Gasteiger partial charge >= 0.3 is 0 Å². The average Bonchev–Trinajstić information content (AvgIpc) is 2.63. The third-order valence-electron chi connectivity index (χ3n) is 2.81. The zero-order valence-electron chi connectivity index (χ0n) is 9.82. The van der Waals surface area contributed by atoms with E-state index in [2.05, 4.69) is 16.4 Å². The van der Waals surface area contributed by atoms with E-state index in [1.807, 2.05) is 13.0 Å². The van der Waals surface area contributed by atoms with Gasteiger partial charge in [-0.25, -0.2) is 4.98 Å². The molecule has 0 aliphatic heterocycles. The van der Waals surface area contributed by atoms with Crippen LogP contribution in [0.2, 0.25) is 0 Å². The Hall–Kier alpha value is -0.900. The van der Waals surface area contributed by atoms with Gasteiger partial charge in [0.25, 0.3) is 0 Å². The van der Waals surface area contributed by atoms with Crippen LogP contribution < -0.4 is 5.32 Å². The predicted octanol–water partition coefficient (Wildman–Crippen LogP) is 1.75. The van der Waals surface area contributed by atoms with E-state index in [-0.39, 0.29) is 6.04 Å². The second-order valence-electron chi connectivity index (χ2n) is 4.44. The van der Waals surface area contributed by atoms with Crippen molar-refractivity contribution >= 4 is 16.6 Å². The summed E-state index contributed by atoms with van der Waals surface area (Å²) in [4.78, 5) is 4.59. The van der Waals surface area contributed by atoms with Crippen molar-refractivity contribution in [3.05, 3.63) is 23.4 Å². The van der Waals surface area contributed by atoms with Crippen molar-refractivity contribution in [1.82, 2.24) is 4.98 Å². The summed E-state index contributed by atoms with van der Waals surface area (Å²) in [5, 5.41) is 3.30. The lowest BCUT2D eigenvalue weighted by Gasteiger charge is -2.13. The molecule has 0 saturated heterocycles. The normalized spacial score (nSPS) is 17.9. The van der Waals surface area contributed by atoms with Crippen molar-refractivity contribution in [2.75, 3.05) is 17.3 Å². The first kappa shape index (κ1) is 11.6. The van der Waals surface area contributed by atoms with E-state index in [4.69, 9.17) is 0 Å². The van der Waals surface area contributed by atoms with Crippen LogP contribution in [0.25, 0.3) is 0 Å². The van der Waals surface area contributed by atoms with E-state index in [0.717, 1.165) is 18.7 Å². The van der Waals surface area contributed by atoms with Gasteiger partial charge in [-0.1, -0.05) is 6.07 Å². The van der Waals surface area contributed by atoms with Crippen LogP contribution in [-0.4, -0.2) is 27.2 Å². The molecule has 0 fully saturated rings. The van der Waals surface area contributed by atoms with Crippen molar-refractivity contribution in [2.24, 2.45) is 0 Å². The molecule has 0 spiro atoms. The third kappa shape index (κ3) is 2.82. The van der Waals surface area contributed by atoms with Gasteiger partial charge in [-0.3, -0.25) is 4.21 Å². The zero-order chi connectivity index (χ0) is 11.5. The van der Waals surface area contributed by atoms with E-state index in [9.17, 15) is 4.21 Å². The highest BCUT2D eigenvalue weighted by Gasteiger charge is 2.13. The Morgan fingerprint density at radius 1 is 1.50 bits per heavy atom. The molecule has 16 heavy (non-hydrogen) atoms. The van der Waals surface area contributed by atoms with Crippen molar-refractivity contribution in [3.63, 3.8) is 0 Å². The molecule has 0 bridgehead atoms. The number of fused-ring (bicyclic) bond motifs is 1. The molecule has 0 amide bonds. The van der Waals surface area contributed by atoms with Gasteiger partial charge < -0.3 is 5.32 Å². The molecule has 0 aromatic carbocycles. The van der Waals surface area contributed by atoms with Crippen LogP contribution in [0, 0.1) is 0 Å². The van der Waals surface area contributed by atoms with E-state index in [1.165, 1.54) is 17.7 Å². The van der Waals surface area contributed by atoms with E-state index >= 15 is 0 Å². The number of rotatable bonds is 4. The molecule has 0 saturated carbocycles. The molecule has 0 radical (unpaired) electrons. The fourth-order valence-electron chi connectivity index (χ4n) is 2.15. The van der Waals surface area contributed by atoms with Crippen LogP contribution in [0.1, 0.15) is 24.6 Å². The highest BCUT2D eigenvalue weighted by molar-refractivity contribution is 7.84. The van der Waals surface area contributed by atoms with Gasteiger partial charge in [0, 0.05) is 34.5 Å². The molecule has 1 N–H and O–H groups in total. The Morgan fingerprint density at radius 3 is 3.06 bits per heavy atom. The lowest BCUT2D eigenvalue weighted by atomic mass is 10.2. The summed E-state index contributed by atoms with van der Waals surface area (Å²) in [6, 6.07) is 4.39. The van der Waals surface area contributed by atoms with Crippen molar-refractivity contribution in [1.29, 1.82) is 0 Å². The average molecular weight is 238 g/mol. The maximum absolute atomic E-state index is 11.1. The second kappa shape index (κ2) is 4.95. The summed E-state index contributed by atoms with van der Waals surface area (Å²) in [6.07, 6.45) is 5.21. The third-order valence-corrected chi connectivity index (χ3v) is 3.78. The second-order valence-corrected chi connectivity index (χ2v) is 5.92. The van der Waals surface area contributed by atoms with Gasteiger partial charge in [-0.15, -0.1) is 0 Å². The first-order valence-corrected chi connectivity index (χ1v) is 7.43. The quantitative estimate of drug-likeness (QED) is 0.869. The van der Waals surface area contributed by atoms with Crippen molar-refractivity contribution in [3.8, 4) is 0 Å². The van der Waals surface area contributed by atoms with Gasteiger partial charge in [0.05, 0.1) is 0 Å². The summed E-state index contributed by atoms with van der Waals surface area (Å²) < 4.78 is 11.1. The van der Waals surface area contributed by atoms with Gasteiger partial charge in [0.1, 0.15) is 5.82 Å². The van der Waals surface area contributed by atoms with Gasteiger partial charge in [-0.2, -0.15) is 0 Å². The molecular formula is C12H18N2OS. The fourth-order valence-corrected chi connectivity index (χ4v) is 2.93. The van der Waals surface area contributed by atoms with E-state index in [0.29, 0.717) is 5.75 Å². The van der Waals surface area contributed by atoms with Crippen LogP contribution in [-0.2, 0) is 23.6 Å². The SMILES string of the molecule is CC(CS(C)=O)Nc1ccc2c(n1)CCC2. The van der Waals surface area contributed by atoms with E-state index in [1.54, 1.807) is 6.26 Å². The molecule has 1 aromatic heterocycles. The Morgan fingerprint density at radius 2 is 2.31 bits per heavy atom. The molecule has 88 valence electrons. The topological polar surface area (TPSA) is 42.0 Å². The minimum Gasteiger partial charge on any atom is -0.367 e. The number of aryl methyl sites for hydroxylation is 2. The minimum atomic E-state index is -0.759. The molecule has 1 heterocycles. The summed E-state index contributed by atoms with van der Waals surface area (Å²) in [6.45, 7) is 2.04. The lowest BCUT2D eigenvalue weighted by Crippen LogP contribution is -2.23. The number of pyridine rings is 1. The smallest absolute Gasteiger partial charge is 0.126 e. The number of nitrogens with zero attached hydrogens (tertiary/aromatic N) is 1. The monoisotopic (exact) mass is 238 g/mol. The number of aromatic nitrogens is 1. The predicted molar refractivity (Wildman–Crippen MR) is 68.3 cm³/mol. The maximum atomic E-state index is 11.1. The first-order valence-electron chi connectivity index (χ1n) is 5.70. The summed E-state index contributed by atoms with van der Waals surface area (Å²) >= 11 is 0. The Kier molecular flexibility index (Phi) is 3.59. The highest BCUT2D eigenvalue weighted by Crippen LogP contribution is 2.21. The Balaban J connectivity index is 2.02. The minimum absolute atomic E-state index is 0.206. The van der Waals surface area contributed by atoms with Crippen LogP contribution >= 0.6 is 0 Å². The highest BCUT2D eigenvalue weighted by atomic mass is 32.2. The standard InChI is InChI=1S/C12H18N2OS/c1-9(8-16(2)15)13-12-7-6-10-4-3-5-11(10)14-12/h6-7,9H,3-5,8H2,1-2H3,(H,13,14). The molecule has 4 heteroatoms. The molecule has 2 atom stereocenters. The number of hydrogen-bond donors (Lipinski definition) is 1. The largest absolute Gasteiger partial charge is 0.367 e. The number of anilines is 1. The van der Waals surface area contributed by atoms with E-state index < -0.39 is 10.8 Å². The summed E-state index contributed by atoms with van der Waals surface area (Å²) in [7, 11) is -0.759. The van der Waals surface area contributed by atoms with Crippen molar-refractivity contribution in [2.45, 2.75) is 32.2 Å². The summed E-state index contributed by atoms with van der Waals surface area (Å²) in [5.74, 6) is 1.58. The zero-order valence-corrected chi connectivity index (χ0v) is 10.6. The Labute approximate surface area is 99.1 Å². The van der Waals surface area contributed by atoms with Crippen LogP contribution in [0.5, 0.6) is 0 Å².